The topological polar surface area (TPSA) is 79.0 Å². The Bertz CT molecular complexity index is 446. The van der Waals surface area contributed by atoms with Gasteiger partial charge in [0.2, 0.25) is 10.0 Å². The summed E-state index contributed by atoms with van der Waals surface area (Å²) in [7, 11) is -3.11. The summed E-state index contributed by atoms with van der Waals surface area (Å²) in [6.45, 7) is 4.66. The molecule has 2 aliphatic heterocycles. The van der Waals surface area contributed by atoms with Crippen molar-refractivity contribution in [2.75, 3.05) is 39.1 Å². The molecule has 116 valence electrons. The molecule has 0 spiro atoms. The fourth-order valence-corrected chi connectivity index (χ4v) is 3.49. The van der Waals surface area contributed by atoms with Crippen LogP contribution < -0.4 is 5.32 Å². The summed E-state index contributed by atoms with van der Waals surface area (Å²) in [4.78, 5) is 14.0. The molecule has 8 heteroatoms. The Morgan fingerprint density at radius 3 is 2.45 bits per heavy atom. The van der Waals surface area contributed by atoms with E-state index in [9.17, 15) is 13.2 Å². The highest BCUT2D eigenvalue weighted by Gasteiger charge is 2.29. The molecule has 0 aromatic carbocycles. The lowest BCUT2D eigenvalue weighted by atomic mass is 10.1. The van der Waals surface area contributed by atoms with Crippen molar-refractivity contribution in [2.45, 2.75) is 31.8 Å². The average molecular weight is 305 g/mol. The van der Waals surface area contributed by atoms with E-state index < -0.39 is 10.0 Å². The number of morpholine rings is 1. The van der Waals surface area contributed by atoms with Crippen LogP contribution in [0, 0.1) is 0 Å². The van der Waals surface area contributed by atoms with Crippen LogP contribution in [0.3, 0.4) is 0 Å². The van der Waals surface area contributed by atoms with Crippen LogP contribution in [0.5, 0.6) is 0 Å². The average Bonchev–Trinajstić information content (AvgIpc) is 2.38. The maximum Gasteiger partial charge on any atom is 0.318 e. The van der Waals surface area contributed by atoms with E-state index in [2.05, 4.69) is 5.32 Å². The Labute approximate surface area is 120 Å². The van der Waals surface area contributed by atoms with E-state index in [4.69, 9.17) is 4.74 Å². The van der Waals surface area contributed by atoms with Crippen LogP contribution in [0.25, 0.3) is 0 Å². The van der Waals surface area contributed by atoms with Crippen LogP contribution in [0.1, 0.15) is 19.8 Å². The molecule has 1 atom stereocenters. The Hall–Kier alpha value is -0.860. The highest BCUT2D eigenvalue weighted by atomic mass is 32.2. The summed E-state index contributed by atoms with van der Waals surface area (Å²) in [5.74, 6) is 0. The van der Waals surface area contributed by atoms with Gasteiger partial charge in [-0.15, -0.1) is 0 Å². The van der Waals surface area contributed by atoms with Gasteiger partial charge in [0.15, 0.2) is 0 Å². The number of hydrogen-bond acceptors (Lipinski definition) is 4. The van der Waals surface area contributed by atoms with Crippen LogP contribution in [-0.4, -0.2) is 74.8 Å². The molecule has 2 fully saturated rings. The first-order valence-electron chi connectivity index (χ1n) is 6.98. The number of carbonyl (C=O) groups excluding carboxylic acids is 1. The second-order valence-electron chi connectivity index (χ2n) is 5.50. The Kier molecular flexibility index (Phi) is 4.87. The number of hydrogen-bond donors (Lipinski definition) is 1. The number of nitrogens with zero attached hydrogens (tertiary/aromatic N) is 2. The molecule has 0 aromatic heterocycles. The summed E-state index contributed by atoms with van der Waals surface area (Å²) in [6, 6.07) is 0.0639. The minimum atomic E-state index is -3.11. The minimum Gasteiger partial charge on any atom is -0.377 e. The highest BCUT2D eigenvalue weighted by Crippen LogP contribution is 2.14. The Morgan fingerprint density at radius 1 is 1.25 bits per heavy atom. The molecule has 0 radical (unpaired) electrons. The number of urea groups is 1. The third-order valence-electron chi connectivity index (χ3n) is 3.88. The smallest absolute Gasteiger partial charge is 0.318 e. The lowest BCUT2D eigenvalue weighted by Crippen LogP contribution is -2.55. The van der Waals surface area contributed by atoms with Crippen molar-refractivity contribution >= 4 is 16.1 Å². The second-order valence-corrected chi connectivity index (χ2v) is 7.49. The third kappa shape index (κ3) is 3.83. The molecule has 2 saturated heterocycles. The Balaban J connectivity index is 1.82. The van der Waals surface area contributed by atoms with E-state index in [1.807, 2.05) is 6.92 Å². The predicted octanol–water partition coefficient (Wildman–Crippen LogP) is -0.159. The number of rotatable bonds is 2. The number of carbonyl (C=O) groups is 1. The minimum absolute atomic E-state index is 0.0514. The van der Waals surface area contributed by atoms with Crippen LogP contribution in [0.15, 0.2) is 0 Å². The summed E-state index contributed by atoms with van der Waals surface area (Å²) in [5, 5.41) is 3.00. The lowest BCUT2D eigenvalue weighted by molar-refractivity contribution is 0.0180. The maximum absolute atomic E-state index is 12.2. The number of piperidine rings is 1. The summed E-state index contributed by atoms with van der Waals surface area (Å²) < 4.78 is 29.6. The number of amides is 2. The zero-order valence-corrected chi connectivity index (χ0v) is 12.9. The zero-order valence-electron chi connectivity index (χ0n) is 12.0. The van der Waals surface area contributed by atoms with Crippen molar-refractivity contribution in [2.24, 2.45) is 0 Å². The van der Waals surface area contributed by atoms with E-state index >= 15 is 0 Å². The van der Waals surface area contributed by atoms with Crippen molar-refractivity contribution in [3.63, 3.8) is 0 Å². The molecule has 0 bridgehead atoms. The van der Waals surface area contributed by atoms with Gasteiger partial charge in [0, 0.05) is 25.7 Å². The number of nitrogens with one attached hydrogen (secondary N) is 1. The van der Waals surface area contributed by atoms with Crippen LogP contribution in [0.2, 0.25) is 0 Å². The molecular formula is C12H23N3O4S. The second kappa shape index (κ2) is 6.28. The van der Waals surface area contributed by atoms with Gasteiger partial charge < -0.3 is 15.0 Å². The van der Waals surface area contributed by atoms with Crippen molar-refractivity contribution in [3.05, 3.63) is 0 Å². The molecule has 20 heavy (non-hydrogen) atoms. The van der Waals surface area contributed by atoms with E-state index in [1.54, 1.807) is 4.90 Å². The van der Waals surface area contributed by atoms with Crippen LogP contribution in [-0.2, 0) is 14.8 Å². The molecule has 1 unspecified atom stereocenters. The molecule has 2 rings (SSSR count). The molecule has 2 heterocycles. The lowest BCUT2D eigenvalue weighted by Gasteiger charge is -2.36. The molecule has 1 N–H and O–H groups in total. The molecule has 0 aliphatic carbocycles. The quantitative estimate of drug-likeness (QED) is 0.769. The molecule has 0 saturated carbocycles. The Morgan fingerprint density at radius 2 is 1.90 bits per heavy atom. The monoisotopic (exact) mass is 305 g/mol. The standard InChI is InChI=1S/C12H23N3O4S/c1-10-9-19-8-7-15(10)12(16)13-11-3-5-14(6-4-11)20(2,17)18/h10-11H,3-9H2,1-2H3,(H,13,16). The molecule has 2 aliphatic rings. The van der Waals surface area contributed by atoms with Gasteiger partial charge in [-0.2, -0.15) is 0 Å². The first-order valence-corrected chi connectivity index (χ1v) is 8.83. The maximum atomic E-state index is 12.2. The molecular weight excluding hydrogens is 282 g/mol. The van der Waals surface area contributed by atoms with Gasteiger partial charge in [-0.05, 0) is 19.8 Å². The number of sulfonamides is 1. The number of ether oxygens (including phenoxy) is 1. The van der Waals surface area contributed by atoms with Crippen LogP contribution >= 0.6 is 0 Å². The fourth-order valence-electron chi connectivity index (χ4n) is 2.62. The van der Waals surface area contributed by atoms with Gasteiger partial charge in [-0.3, -0.25) is 0 Å². The van der Waals surface area contributed by atoms with Gasteiger partial charge in [0.05, 0.1) is 25.5 Å². The molecule has 2 amide bonds. The van der Waals surface area contributed by atoms with Crippen molar-refractivity contribution in [1.82, 2.24) is 14.5 Å². The summed E-state index contributed by atoms with van der Waals surface area (Å²) in [5.41, 5.74) is 0. The van der Waals surface area contributed by atoms with Gasteiger partial charge >= 0.3 is 6.03 Å². The van der Waals surface area contributed by atoms with Crippen LogP contribution in [0.4, 0.5) is 4.79 Å². The SMILES string of the molecule is CC1COCCN1C(=O)NC1CCN(S(C)(=O)=O)CC1. The third-order valence-corrected chi connectivity index (χ3v) is 5.18. The molecule has 7 nitrogen and oxygen atoms in total. The van der Waals surface area contributed by atoms with Crippen molar-refractivity contribution < 1.29 is 17.9 Å². The van der Waals surface area contributed by atoms with Gasteiger partial charge in [0.25, 0.3) is 0 Å². The van der Waals surface area contributed by atoms with Crippen molar-refractivity contribution in [1.29, 1.82) is 0 Å². The highest BCUT2D eigenvalue weighted by molar-refractivity contribution is 7.88. The van der Waals surface area contributed by atoms with E-state index in [0.717, 1.165) is 0 Å². The van der Waals surface area contributed by atoms with E-state index in [-0.39, 0.29) is 18.1 Å². The summed E-state index contributed by atoms with van der Waals surface area (Å²) >= 11 is 0. The molecule has 0 aromatic rings. The predicted molar refractivity (Wildman–Crippen MR) is 75.0 cm³/mol. The van der Waals surface area contributed by atoms with Gasteiger partial charge in [-0.1, -0.05) is 0 Å². The van der Waals surface area contributed by atoms with Crippen molar-refractivity contribution in [3.8, 4) is 0 Å². The first kappa shape index (κ1) is 15.5. The van der Waals surface area contributed by atoms with E-state index in [1.165, 1.54) is 10.6 Å². The van der Waals surface area contributed by atoms with Gasteiger partial charge in [0.1, 0.15) is 0 Å². The van der Waals surface area contributed by atoms with E-state index in [0.29, 0.717) is 45.7 Å². The van der Waals surface area contributed by atoms with Gasteiger partial charge in [-0.25, -0.2) is 17.5 Å². The fraction of sp³-hybridized carbons (Fsp3) is 0.917. The zero-order chi connectivity index (χ0) is 14.8. The normalized spacial score (nSPS) is 26.5. The first-order chi connectivity index (χ1) is 9.38. The largest absolute Gasteiger partial charge is 0.377 e. The summed E-state index contributed by atoms with van der Waals surface area (Å²) in [6.07, 6.45) is 2.55.